The Morgan fingerprint density at radius 3 is 2.19 bits per heavy atom. The van der Waals surface area contributed by atoms with Gasteiger partial charge in [0.25, 0.3) is 0 Å². The minimum atomic E-state index is -3.97. The highest BCUT2D eigenvalue weighted by atomic mass is 32.2. The first-order chi connectivity index (χ1) is 15.0. The van der Waals surface area contributed by atoms with Gasteiger partial charge in [0, 0.05) is 12.6 Å². The van der Waals surface area contributed by atoms with Crippen molar-refractivity contribution in [2.75, 3.05) is 17.1 Å². The summed E-state index contributed by atoms with van der Waals surface area (Å²) in [6.45, 7) is 4.85. The monoisotopic (exact) mass is 463 g/mol. The van der Waals surface area contributed by atoms with E-state index in [0.29, 0.717) is 0 Å². The molecule has 0 aliphatic heterocycles. The average molecular weight is 464 g/mol. The van der Waals surface area contributed by atoms with Gasteiger partial charge in [-0.1, -0.05) is 49.4 Å². The topological polar surface area (TPSA) is 86.8 Å². The lowest BCUT2D eigenvalue weighted by molar-refractivity contribution is -0.139. The number of benzene rings is 2. The molecule has 1 N–H and O–H groups in total. The van der Waals surface area contributed by atoms with Gasteiger partial charge in [-0.3, -0.25) is 13.9 Å². The third-order valence-electron chi connectivity index (χ3n) is 5.16. The standard InChI is InChI=1S/C23H30FN3O4S/c1-5-17(2)25-23(29)18(3)26(15-19-11-7-6-8-12-19)22(28)16-27(32(4,30)31)21-14-10-9-13-20(21)24/h6-14,17-18H,5,15-16H2,1-4H3,(H,25,29)/t17-,18+/m0/s1. The number of carbonyl (C=O) groups is 2. The molecule has 0 aliphatic carbocycles. The number of carbonyl (C=O) groups excluding carboxylic acids is 2. The highest BCUT2D eigenvalue weighted by Crippen LogP contribution is 2.22. The van der Waals surface area contributed by atoms with Crippen molar-refractivity contribution < 1.29 is 22.4 Å². The lowest BCUT2D eigenvalue weighted by atomic mass is 10.1. The quantitative estimate of drug-likeness (QED) is 0.587. The molecule has 2 atom stereocenters. The summed E-state index contributed by atoms with van der Waals surface area (Å²) in [5.74, 6) is -1.72. The van der Waals surface area contributed by atoms with Gasteiger partial charge < -0.3 is 10.2 Å². The van der Waals surface area contributed by atoms with Gasteiger partial charge in [-0.05, 0) is 38.0 Å². The molecule has 0 heterocycles. The van der Waals surface area contributed by atoms with E-state index >= 15 is 0 Å². The summed E-state index contributed by atoms with van der Waals surface area (Å²) in [6, 6.07) is 13.5. The highest BCUT2D eigenvalue weighted by molar-refractivity contribution is 7.92. The van der Waals surface area contributed by atoms with Crippen LogP contribution in [0.3, 0.4) is 0 Å². The van der Waals surface area contributed by atoms with Crippen molar-refractivity contribution in [1.82, 2.24) is 10.2 Å². The zero-order valence-electron chi connectivity index (χ0n) is 18.8. The fourth-order valence-corrected chi connectivity index (χ4v) is 3.93. The van der Waals surface area contributed by atoms with Crippen LogP contribution in [0.15, 0.2) is 54.6 Å². The Balaban J connectivity index is 2.37. The predicted octanol–water partition coefficient (Wildman–Crippen LogP) is 2.92. The van der Waals surface area contributed by atoms with E-state index in [2.05, 4.69) is 5.32 Å². The number of hydrogen-bond donors (Lipinski definition) is 1. The van der Waals surface area contributed by atoms with E-state index in [0.717, 1.165) is 28.6 Å². The van der Waals surface area contributed by atoms with Gasteiger partial charge in [0.15, 0.2) is 0 Å². The molecule has 0 aromatic heterocycles. The second kappa shape index (κ2) is 11.1. The Kier molecular flexibility index (Phi) is 8.77. The Hall–Kier alpha value is -2.94. The first-order valence-electron chi connectivity index (χ1n) is 10.4. The van der Waals surface area contributed by atoms with Gasteiger partial charge in [-0.15, -0.1) is 0 Å². The Labute approximate surface area is 189 Å². The van der Waals surface area contributed by atoms with Crippen LogP contribution >= 0.6 is 0 Å². The van der Waals surface area contributed by atoms with Crippen LogP contribution in [0.1, 0.15) is 32.8 Å². The molecule has 0 spiro atoms. The molecule has 0 saturated heterocycles. The zero-order valence-corrected chi connectivity index (χ0v) is 19.6. The fourth-order valence-electron chi connectivity index (χ4n) is 3.08. The number of anilines is 1. The molecular formula is C23H30FN3O4S. The second-order valence-electron chi connectivity index (χ2n) is 7.72. The molecule has 9 heteroatoms. The van der Waals surface area contributed by atoms with Crippen molar-refractivity contribution in [1.29, 1.82) is 0 Å². The number of hydrogen-bond acceptors (Lipinski definition) is 4. The van der Waals surface area contributed by atoms with E-state index in [1.807, 2.05) is 44.2 Å². The summed E-state index contributed by atoms with van der Waals surface area (Å²) in [7, 11) is -3.97. The van der Waals surface area contributed by atoms with Crippen molar-refractivity contribution in [2.45, 2.75) is 45.8 Å². The van der Waals surface area contributed by atoms with E-state index < -0.39 is 34.3 Å². The van der Waals surface area contributed by atoms with Crippen LogP contribution < -0.4 is 9.62 Å². The SMILES string of the molecule is CC[C@H](C)NC(=O)[C@@H](C)N(Cc1ccccc1)C(=O)CN(c1ccccc1F)S(C)(=O)=O. The maximum Gasteiger partial charge on any atom is 0.244 e. The van der Waals surface area contributed by atoms with Crippen LogP contribution in [-0.4, -0.2) is 50.0 Å². The van der Waals surface area contributed by atoms with E-state index in [4.69, 9.17) is 0 Å². The van der Waals surface area contributed by atoms with Crippen molar-refractivity contribution in [3.8, 4) is 0 Å². The minimum absolute atomic E-state index is 0.0791. The molecule has 2 aromatic rings. The molecule has 0 aliphatic rings. The Bertz CT molecular complexity index is 1030. The molecule has 2 amide bonds. The molecule has 0 saturated carbocycles. The van der Waals surface area contributed by atoms with Gasteiger partial charge in [0.05, 0.1) is 11.9 Å². The third kappa shape index (κ3) is 6.78. The maximum atomic E-state index is 14.3. The molecule has 0 bridgehead atoms. The van der Waals surface area contributed by atoms with Gasteiger partial charge in [0.1, 0.15) is 18.4 Å². The minimum Gasteiger partial charge on any atom is -0.352 e. The number of halogens is 1. The predicted molar refractivity (Wildman–Crippen MR) is 123 cm³/mol. The van der Waals surface area contributed by atoms with Crippen molar-refractivity contribution in [3.63, 3.8) is 0 Å². The van der Waals surface area contributed by atoms with E-state index in [1.165, 1.54) is 23.1 Å². The molecule has 32 heavy (non-hydrogen) atoms. The molecule has 174 valence electrons. The van der Waals surface area contributed by atoms with Crippen molar-refractivity contribution in [3.05, 3.63) is 66.0 Å². The molecule has 7 nitrogen and oxygen atoms in total. The summed E-state index contributed by atoms with van der Waals surface area (Å²) < 4.78 is 39.9. The number of para-hydroxylation sites is 1. The van der Waals surface area contributed by atoms with Crippen LogP contribution in [-0.2, 0) is 26.2 Å². The summed E-state index contributed by atoms with van der Waals surface area (Å²) >= 11 is 0. The summed E-state index contributed by atoms with van der Waals surface area (Å²) in [5, 5.41) is 2.85. The maximum absolute atomic E-state index is 14.3. The number of nitrogens with zero attached hydrogens (tertiary/aromatic N) is 2. The Morgan fingerprint density at radius 2 is 1.62 bits per heavy atom. The first kappa shape index (κ1) is 25.3. The summed E-state index contributed by atoms with van der Waals surface area (Å²) in [5.41, 5.74) is 0.556. The first-order valence-corrected chi connectivity index (χ1v) is 12.3. The van der Waals surface area contributed by atoms with E-state index in [-0.39, 0.29) is 24.2 Å². The van der Waals surface area contributed by atoms with E-state index in [1.54, 1.807) is 6.92 Å². The second-order valence-corrected chi connectivity index (χ2v) is 9.63. The summed E-state index contributed by atoms with van der Waals surface area (Å²) in [4.78, 5) is 27.4. The largest absolute Gasteiger partial charge is 0.352 e. The van der Waals surface area contributed by atoms with Gasteiger partial charge >= 0.3 is 0 Å². The number of sulfonamides is 1. The summed E-state index contributed by atoms with van der Waals surface area (Å²) in [6.07, 6.45) is 1.63. The normalized spacial score (nSPS) is 13.2. The molecule has 2 aromatic carbocycles. The van der Waals surface area contributed by atoms with Crippen LogP contribution in [0.4, 0.5) is 10.1 Å². The number of nitrogens with one attached hydrogen (secondary N) is 1. The average Bonchev–Trinajstić information content (AvgIpc) is 2.75. The molecule has 2 rings (SSSR count). The molecule has 0 unspecified atom stereocenters. The van der Waals surface area contributed by atoms with Crippen LogP contribution in [0.25, 0.3) is 0 Å². The van der Waals surface area contributed by atoms with Gasteiger partial charge in [-0.25, -0.2) is 12.8 Å². The van der Waals surface area contributed by atoms with Gasteiger partial charge in [-0.2, -0.15) is 0 Å². The van der Waals surface area contributed by atoms with Crippen LogP contribution in [0, 0.1) is 5.82 Å². The van der Waals surface area contributed by atoms with Crippen molar-refractivity contribution >= 4 is 27.5 Å². The number of amides is 2. The molecule has 0 radical (unpaired) electrons. The zero-order chi connectivity index (χ0) is 23.9. The molecular weight excluding hydrogens is 433 g/mol. The highest BCUT2D eigenvalue weighted by Gasteiger charge is 2.31. The van der Waals surface area contributed by atoms with Gasteiger partial charge in [0.2, 0.25) is 21.8 Å². The lowest BCUT2D eigenvalue weighted by Gasteiger charge is -2.32. The number of rotatable bonds is 10. The van der Waals surface area contributed by atoms with E-state index in [9.17, 15) is 22.4 Å². The van der Waals surface area contributed by atoms with Crippen molar-refractivity contribution in [2.24, 2.45) is 0 Å². The fraction of sp³-hybridized carbons (Fsp3) is 0.391. The molecule has 0 fully saturated rings. The van der Waals surface area contributed by atoms with Crippen LogP contribution in [0.5, 0.6) is 0 Å². The Morgan fingerprint density at radius 1 is 1.03 bits per heavy atom. The van der Waals surface area contributed by atoms with Crippen LogP contribution in [0.2, 0.25) is 0 Å². The third-order valence-corrected chi connectivity index (χ3v) is 6.29. The smallest absolute Gasteiger partial charge is 0.244 e. The lowest BCUT2D eigenvalue weighted by Crippen LogP contribution is -2.52.